The summed E-state index contributed by atoms with van der Waals surface area (Å²) in [7, 11) is 0. The molecule has 0 aliphatic heterocycles. The molecule has 0 bridgehead atoms. The van der Waals surface area contributed by atoms with Gasteiger partial charge in [-0.1, -0.05) is 30.3 Å². The first-order valence-electron chi connectivity index (χ1n) is 6.07. The molecule has 18 heavy (non-hydrogen) atoms. The van der Waals surface area contributed by atoms with Crippen LogP contribution in [-0.2, 0) is 13.0 Å². The fraction of sp³-hybridized carbons (Fsp3) is 0.214. The highest BCUT2D eigenvalue weighted by atomic mass is 32.1. The van der Waals surface area contributed by atoms with Crippen molar-refractivity contribution in [2.24, 2.45) is 0 Å². The topological polar surface area (TPSA) is 29.3 Å². The minimum Gasteiger partial charge on any atom is -0.312 e. The van der Waals surface area contributed by atoms with E-state index < -0.39 is 0 Å². The van der Waals surface area contributed by atoms with Gasteiger partial charge >= 0.3 is 0 Å². The van der Waals surface area contributed by atoms with Gasteiger partial charge in [-0.2, -0.15) is 0 Å². The predicted octanol–water partition coefficient (Wildman–Crippen LogP) is 2.73. The van der Waals surface area contributed by atoms with Crippen LogP contribution in [0.15, 0.2) is 48.1 Å². The maximum Gasteiger partial charge on any atom is 0.193 e. The van der Waals surface area contributed by atoms with Gasteiger partial charge < -0.3 is 5.32 Å². The monoisotopic (exact) mass is 257 g/mol. The van der Waals surface area contributed by atoms with Crippen LogP contribution in [0.3, 0.4) is 0 Å². The van der Waals surface area contributed by atoms with Crippen molar-refractivity contribution >= 4 is 16.3 Å². The predicted molar refractivity (Wildman–Crippen MR) is 74.9 cm³/mol. The second-order valence-corrected chi connectivity index (χ2v) is 5.06. The van der Waals surface area contributed by atoms with E-state index >= 15 is 0 Å². The van der Waals surface area contributed by atoms with Gasteiger partial charge in [0.05, 0.1) is 0 Å². The van der Waals surface area contributed by atoms with Crippen LogP contribution in [0.2, 0.25) is 0 Å². The molecule has 1 aromatic carbocycles. The van der Waals surface area contributed by atoms with Crippen LogP contribution in [0.5, 0.6) is 0 Å². The van der Waals surface area contributed by atoms with Gasteiger partial charge in [0.25, 0.3) is 0 Å². The second-order valence-electron chi connectivity index (χ2n) is 4.22. The Hall–Kier alpha value is -1.65. The van der Waals surface area contributed by atoms with Gasteiger partial charge in [0.2, 0.25) is 0 Å². The van der Waals surface area contributed by atoms with Crippen LogP contribution in [0.25, 0.3) is 4.96 Å². The van der Waals surface area contributed by atoms with Crippen LogP contribution < -0.4 is 5.32 Å². The first kappa shape index (κ1) is 11.4. The van der Waals surface area contributed by atoms with Gasteiger partial charge in [0.15, 0.2) is 4.96 Å². The SMILES string of the molecule is c1ccc(CNCCc2csc3nccn23)cc1. The number of nitrogens with one attached hydrogen (secondary N) is 1. The molecule has 0 radical (unpaired) electrons. The standard InChI is InChI=1S/C14H15N3S/c1-2-4-12(5-3-1)10-15-7-6-13-11-18-14-16-8-9-17(13)14/h1-5,8-9,11,15H,6-7,10H2. The largest absolute Gasteiger partial charge is 0.312 e. The first-order valence-corrected chi connectivity index (χ1v) is 6.95. The lowest BCUT2D eigenvalue weighted by molar-refractivity contribution is 0.678. The number of fused-ring (bicyclic) bond motifs is 1. The van der Waals surface area contributed by atoms with Crippen molar-refractivity contribution in [3.05, 3.63) is 59.4 Å². The fourth-order valence-corrected chi connectivity index (χ4v) is 2.88. The van der Waals surface area contributed by atoms with Crippen LogP contribution in [0, 0.1) is 0 Å². The summed E-state index contributed by atoms with van der Waals surface area (Å²) < 4.78 is 2.16. The minimum absolute atomic E-state index is 0.929. The summed E-state index contributed by atoms with van der Waals surface area (Å²) in [5, 5.41) is 5.65. The molecule has 0 aliphatic carbocycles. The third-order valence-corrected chi connectivity index (χ3v) is 3.85. The van der Waals surface area contributed by atoms with Crippen LogP contribution >= 0.6 is 11.3 Å². The third-order valence-electron chi connectivity index (χ3n) is 2.95. The summed E-state index contributed by atoms with van der Waals surface area (Å²) in [6.07, 6.45) is 4.91. The van der Waals surface area contributed by atoms with Gasteiger partial charge in [0.1, 0.15) is 0 Å². The number of benzene rings is 1. The van der Waals surface area contributed by atoms with E-state index in [1.165, 1.54) is 11.3 Å². The maximum absolute atomic E-state index is 4.28. The molecule has 4 heteroatoms. The Morgan fingerprint density at radius 3 is 3.00 bits per heavy atom. The van der Waals surface area contributed by atoms with Crippen molar-refractivity contribution in [2.75, 3.05) is 6.54 Å². The zero-order valence-corrected chi connectivity index (χ0v) is 10.9. The number of aromatic nitrogens is 2. The van der Waals surface area contributed by atoms with E-state index in [1.54, 1.807) is 11.3 Å². The molecule has 92 valence electrons. The highest BCUT2D eigenvalue weighted by molar-refractivity contribution is 7.15. The zero-order valence-electron chi connectivity index (χ0n) is 10.0. The fourth-order valence-electron chi connectivity index (χ4n) is 2.00. The Kier molecular flexibility index (Phi) is 3.39. The number of hydrogen-bond acceptors (Lipinski definition) is 3. The molecule has 0 spiro atoms. The number of rotatable bonds is 5. The normalized spacial score (nSPS) is 11.1. The Morgan fingerprint density at radius 2 is 2.11 bits per heavy atom. The smallest absolute Gasteiger partial charge is 0.193 e. The highest BCUT2D eigenvalue weighted by Crippen LogP contribution is 2.14. The lowest BCUT2D eigenvalue weighted by atomic mass is 10.2. The Morgan fingerprint density at radius 1 is 1.22 bits per heavy atom. The van der Waals surface area contributed by atoms with Gasteiger partial charge in [-0.25, -0.2) is 4.98 Å². The Labute approximate surface area is 110 Å². The third kappa shape index (κ3) is 2.44. The lowest BCUT2D eigenvalue weighted by Gasteiger charge is -2.04. The van der Waals surface area contributed by atoms with Crippen molar-refractivity contribution in [3.8, 4) is 0 Å². The zero-order chi connectivity index (χ0) is 12.2. The van der Waals surface area contributed by atoms with Crippen molar-refractivity contribution in [1.29, 1.82) is 0 Å². The van der Waals surface area contributed by atoms with E-state index in [1.807, 2.05) is 18.5 Å². The van der Waals surface area contributed by atoms with Crippen molar-refractivity contribution in [1.82, 2.24) is 14.7 Å². The van der Waals surface area contributed by atoms with E-state index in [9.17, 15) is 0 Å². The van der Waals surface area contributed by atoms with E-state index in [0.29, 0.717) is 0 Å². The Balaban J connectivity index is 1.52. The van der Waals surface area contributed by atoms with Crippen molar-refractivity contribution < 1.29 is 0 Å². The summed E-state index contributed by atoms with van der Waals surface area (Å²) in [5.74, 6) is 0. The average Bonchev–Trinajstić information content (AvgIpc) is 3.00. The van der Waals surface area contributed by atoms with Crippen LogP contribution in [-0.4, -0.2) is 15.9 Å². The maximum atomic E-state index is 4.28. The molecule has 0 unspecified atom stereocenters. The second kappa shape index (κ2) is 5.33. The molecule has 2 aromatic heterocycles. The van der Waals surface area contributed by atoms with E-state index in [2.05, 4.69) is 44.3 Å². The molecule has 0 aliphatic rings. The molecule has 3 rings (SSSR count). The quantitative estimate of drug-likeness (QED) is 0.712. The van der Waals surface area contributed by atoms with E-state index in [4.69, 9.17) is 0 Å². The molecule has 3 aromatic rings. The first-order chi connectivity index (χ1) is 8.93. The molecule has 0 fully saturated rings. The molecule has 0 saturated carbocycles. The average molecular weight is 257 g/mol. The van der Waals surface area contributed by atoms with E-state index in [0.717, 1.165) is 24.5 Å². The van der Waals surface area contributed by atoms with E-state index in [-0.39, 0.29) is 0 Å². The summed E-state index contributed by atoms with van der Waals surface area (Å²) in [4.78, 5) is 5.35. The highest BCUT2D eigenvalue weighted by Gasteiger charge is 2.02. The number of thiazole rings is 1. The minimum atomic E-state index is 0.929. The summed E-state index contributed by atoms with van der Waals surface area (Å²) in [6.45, 7) is 1.91. The van der Waals surface area contributed by atoms with Crippen LogP contribution in [0.1, 0.15) is 11.3 Å². The molecule has 1 N–H and O–H groups in total. The molecular formula is C14H15N3S. The summed E-state index contributed by atoms with van der Waals surface area (Å²) in [6, 6.07) is 10.5. The summed E-state index contributed by atoms with van der Waals surface area (Å²) >= 11 is 1.70. The molecule has 0 atom stereocenters. The van der Waals surface area contributed by atoms with Crippen LogP contribution in [0.4, 0.5) is 0 Å². The van der Waals surface area contributed by atoms with Gasteiger partial charge in [-0.3, -0.25) is 4.40 Å². The summed E-state index contributed by atoms with van der Waals surface area (Å²) in [5.41, 5.74) is 2.66. The van der Waals surface area contributed by atoms with Gasteiger partial charge in [-0.15, -0.1) is 11.3 Å². The molecular weight excluding hydrogens is 242 g/mol. The van der Waals surface area contributed by atoms with Crippen molar-refractivity contribution in [2.45, 2.75) is 13.0 Å². The number of imidazole rings is 1. The Bertz CT molecular complexity index is 612. The van der Waals surface area contributed by atoms with Crippen molar-refractivity contribution in [3.63, 3.8) is 0 Å². The van der Waals surface area contributed by atoms with Gasteiger partial charge in [-0.05, 0) is 5.56 Å². The van der Waals surface area contributed by atoms with Gasteiger partial charge in [0, 0.05) is 43.0 Å². The lowest BCUT2D eigenvalue weighted by Crippen LogP contribution is -2.17. The molecule has 3 nitrogen and oxygen atoms in total. The molecule has 0 saturated heterocycles. The number of hydrogen-bond donors (Lipinski definition) is 1. The molecule has 0 amide bonds. The number of nitrogens with zero attached hydrogens (tertiary/aromatic N) is 2. The molecule has 2 heterocycles.